The first-order chi connectivity index (χ1) is 16.8. The zero-order chi connectivity index (χ0) is 25.0. The van der Waals surface area contributed by atoms with E-state index in [9.17, 15) is 17.6 Å². The number of ether oxygens (including phenoxy) is 1. The van der Waals surface area contributed by atoms with E-state index in [1.165, 1.54) is 47.1 Å². The average molecular weight is 497 g/mol. The number of rotatable bonds is 8. The quantitative estimate of drug-likeness (QED) is 0.382. The van der Waals surface area contributed by atoms with Gasteiger partial charge < -0.3 is 10.1 Å². The summed E-state index contributed by atoms with van der Waals surface area (Å²) < 4.78 is 48.9. The monoisotopic (exact) mass is 496 g/mol. The molecule has 4 aromatic rings. The number of sulfonamides is 1. The van der Waals surface area contributed by atoms with Crippen molar-refractivity contribution in [3.05, 3.63) is 83.9 Å². The van der Waals surface area contributed by atoms with Crippen LogP contribution in [0.5, 0.6) is 5.75 Å². The van der Waals surface area contributed by atoms with E-state index in [0.717, 1.165) is 0 Å². The van der Waals surface area contributed by atoms with Crippen LogP contribution in [0.2, 0.25) is 0 Å². The number of nitrogens with zero attached hydrogens (tertiary/aromatic N) is 4. The third-order valence-corrected chi connectivity index (χ3v) is 6.31. The van der Waals surface area contributed by atoms with Crippen molar-refractivity contribution in [1.29, 1.82) is 0 Å². The molecule has 0 radical (unpaired) electrons. The van der Waals surface area contributed by atoms with Gasteiger partial charge in [0, 0.05) is 11.3 Å². The topological polar surface area (TPSA) is 128 Å². The number of benzene rings is 3. The van der Waals surface area contributed by atoms with E-state index in [1.807, 2.05) is 6.92 Å². The van der Waals surface area contributed by atoms with Crippen LogP contribution in [0.15, 0.2) is 71.6 Å². The summed E-state index contributed by atoms with van der Waals surface area (Å²) in [5, 5.41) is 13.6. The van der Waals surface area contributed by atoms with Crippen LogP contribution in [0, 0.1) is 12.7 Å². The molecule has 1 heterocycles. The lowest BCUT2D eigenvalue weighted by Crippen LogP contribution is -2.15. The summed E-state index contributed by atoms with van der Waals surface area (Å²) >= 11 is 0. The number of nitrogens with one attached hydrogen (secondary N) is 2. The Morgan fingerprint density at radius 1 is 1.06 bits per heavy atom. The molecule has 0 aliphatic rings. The van der Waals surface area contributed by atoms with Gasteiger partial charge in [-0.3, -0.25) is 9.52 Å². The maximum Gasteiger partial charge on any atom is 0.261 e. The summed E-state index contributed by atoms with van der Waals surface area (Å²) in [7, 11) is -3.89. The smallest absolute Gasteiger partial charge is 0.261 e. The molecule has 12 heteroatoms. The Hall–Kier alpha value is -4.32. The van der Waals surface area contributed by atoms with E-state index >= 15 is 0 Å². The van der Waals surface area contributed by atoms with E-state index in [1.54, 1.807) is 31.2 Å². The Kier molecular flexibility index (Phi) is 6.73. The fourth-order valence-corrected chi connectivity index (χ4v) is 4.25. The number of anilines is 2. The van der Waals surface area contributed by atoms with Crippen molar-refractivity contribution in [3.8, 4) is 11.4 Å². The molecule has 4 rings (SSSR count). The zero-order valence-corrected chi connectivity index (χ0v) is 19.6. The number of hydrogen-bond donors (Lipinski definition) is 2. The fourth-order valence-electron chi connectivity index (χ4n) is 3.19. The minimum Gasteiger partial charge on any atom is -0.494 e. The molecule has 0 aliphatic heterocycles. The van der Waals surface area contributed by atoms with Crippen LogP contribution >= 0.6 is 0 Å². The standard InChI is InChI=1S/C23H21FN6O4S/c1-3-34-19-9-6-17(7-10-19)27-35(32,33)20-11-4-16(5-12-20)23(31)25-22-14-18(8-13-21(22)24)30-15(2)26-28-29-30/h4-14,27H,3H2,1-2H3,(H,25,31). The molecule has 0 atom stereocenters. The second kappa shape index (κ2) is 9.89. The molecule has 2 N–H and O–H groups in total. The number of hydrogen-bond acceptors (Lipinski definition) is 7. The van der Waals surface area contributed by atoms with Gasteiger partial charge in [0.2, 0.25) is 0 Å². The minimum atomic E-state index is -3.89. The summed E-state index contributed by atoms with van der Waals surface area (Å²) in [6.45, 7) is 4.04. The Morgan fingerprint density at radius 2 is 1.77 bits per heavy atom. The van der Waals surface area contributed by atoms with Crippen LogP contribution in [0.3, 0.4) is 0 Å². The molecule has 0 aliphatic carbocycles. The third kappa shape index (κ3) is 5.44. The molecule has 0 fully saturated rings. The number of aryl methyl sites for hydroxylation is 1. The number of tetrazole rings is 1. The van der Waals surface area contributed by atoms with Gasteiger partial charge >= 0.3 is 0 Å². The van der Waals surface area contributed by atoms with Crippen molar-refractivity contribution < 1.29 is 22.3 Å². The number of halogens is 1. The third-order valence-electron chi connectivity index (χ3n) is 4.91. The molecule has 0 unspecified atom stereocenters. The molecular formula is C23H21FN6O4S. The van der Waals surface area contributed by atoms with Gasteiger partial charge in [-0.05, 0) is 91.0 Å². The first-order valence-electron chi connectivity index (χ1n) is 10.5. The summed E-state index contributed by atoms with van der Waals surface area (Å²) in [6, 6.07) is 15.8. The van der Waals surface area contributed by atoms with Crippen molar-refractivity contribution >= 4 is 27.3 Å². The van der Waals surface area contributed by atoms with Gasteiger partial charge in [-0.15, -0.1) is 5.10 Å². The van der Waals surface area contributed by atoms with Gasteiger partial charge in [0.25, 0.3) is 15.9 Å². The molecule has 1 aromatic heterocycles. The predicted molar refractivity (Wildman–Crippen MR) is 127 cm³/mol. The van der Waals surface area contributed by atoms with Crippen molar-refractivity contribution in [2.45, 2.75) is 18.7 Å². The highest BCUT2D eigenvalue weighted by molar-refractivity contribution is 7.92. The number of amides is 1. The van der Waals surface area contributed by atoms with Crippen LogP contribution in [-0.4, -0.2) is 41.1 Å². The highest BCUT2D eigenvalue weighted by Crippen LogP contribution is 2.22. The van der Waals surface area contributed by atoms with E-state index in [-0.39, 0.29) is 16.1 Å². The summed E-state index contributed by atoms with van der Waals surface area (Å²) in [4.78, 5) is 12.6. The predicted octanol–water partition coefficient (Wildman–Crippen LogP) is 3.56. The lowest BCUT2D eigenvalue weighted by molar-refractivity contribution is 0.102. The first-order valence-corrected chi connectivity index (χ1v) is 12.0. The van der Waals surface area contributed by atoms with Crippen LogP contribution in [0.1, 0.15) is 23.1 Å². The Bertz CT molecular complexity index is 1450. The molecule has 180 valence electrons. The van der Waals surface area contributed by atoms with Crippen LogP contribution in [0.25, 0.3) is 5.69 Å². The average Bonchev–Trinajstić information content (AvgIpc) is 3.27. The maximum atomic E-state index is 14.3. The molecule has 0 spiro atoms. The van der Waals surface area contributed by atoms with Crippen molar-refractivity contribution in [1.82, 2.24) is 20.2 Å². The van der Waals surface area contributed by atoms with E-state index in [4.69, 9.17) is 4.74 Å². The van der Waals surface area contributed by atoms with Gasteiger partial charge in [0.15, 0.2) is 5.82 Å². The number of carbonyl (C=O) groups is 1. The lowest BCUT2D eigenvalue weighted by atomic mass is 10.2. The normalized spacial score (nSPS) is 11.2. The van der Waals surface area contributed by atoms with E-state index in [0.29, 0.717) is 29.6 Å². The molecule has 35 heavy (non-hydrogen) atoms. The van der Waals surface area contributed by atoms with Crippen LogP contribution in [0.4, 0.5) is 15.8 Å². The van der Waals surface area contributed by atoms with Gasteiger partial charge in [-0.1, -0.05) is 0 Å². The van der Waals surface area contributed by atoms with Crippen molar-refractivity contribution in [2.75, 3.05) is 16.6 Å². The van der Waals surface area contributed by atoms with Gasteiger partial charge in [0.05, 0.1) is 22.9 Å². The van der Waals surface area contributed by atoms with Gasteiger partial charge in [-0.25, -0.2) is 12.8 Å². The Morgan fingerprint density at radius 3 is 2.40 bits per heavy atom. The summed E-state index contributed by atoms with van der Waals surface area (Å²) in [5.41, 5.74) is 0.902. The zero-order valence-electron chi connectivity index (χ0n) is 18.8. The van der Waals surface area contributed by atoms with Crippen molar-refractivity contribution in [3.63, 3.8) is 0 Å². The summed E-state index contributed by atoms with van der Waals surface area (Å²) in [6.07, 6.45) is 0. The first kappa shape index (κ1) is 23.8. The highest BCUT2D eigenvalue weighted by Gasteiger charge is 2.17. The number of aromatic nitrogens is 4. The lowest BCUT2D eigenvalue weighted by Gasteiger charge is -2.11. The van der Waals surface area contributed by atoms with Gasteiger partial charge in [0.1, 0.15) is 11.6 Å². The maximum absolute atomic E-state index is 14.3. The van der Waals surface area contributed by atoms with Crippen LogP contribution in [-0.2, 0) is 10.0 Å². The Labute approximate surface area is 200 Å². The molecule has 0 saturated heterocycles. The minimum absolute atomic E-state index is 0.0368. The second-order valence-electron chi connectivity index (χ2n) is 7.34. The largest absolute Gasteiger partial charge is 0.494 e. The molecule has 1 amide bonds. The molecular weight excluding hydrogens is 475 g/mol. The highest BCUT2D eigenvalue weighted by atomic mass is 32.2. The fraction of sp³-hybridized carbons (Fsp3) is 0.130. The molecule has 3 aromatic carbocycles. The van der Waals surface area contributed by atoms with E-state index < -0.39 is 21.7 Å². The van der Waals surface area contributed by atoms with E-state index in [2.05, 4.69) is 25.6 Å². The van der Waals surface area contributed by atoms with Gasteiger partial charge in [-0.2, -0.15) is 4.68 Å². The summed E-state index contributed by atoms with van der Waals surface area (Å²) in [5.74, 6) is -0.144. The molecule has 10 nitrogen and oxygen atoms in total. The molecule has 0 saturated carbocycles. The second-order valence-corrected chi connectivity index (χ2v) is 9.03. The Balaban J connectivity index is 1.47. The van der Waals surface area contributed by atoms with Crippen molar-refractivity contribution in [2.24, 2.45) is 0 Å². The SMILES string of the molecule is CCOc1ccc(NS(=O)(=O)c2ccc(C(=O)Nc3cc(-n4nnnc4C)ccc3F)cc2)cc1. The molecule has 0 bridgehead atoms. The van der Waals surface area contributed by atoms with Crippen LogP contribution < -0.4 is 14.8 Å². The number of carbonyl (C=O) groups excluding carboxylic acids is 1.